The monoisotopic (exact) mass is 296 g/mol. The highest BCUT2D eigenvalue weighted by Crippen LogP contribution is 2.28. The fourth-order valence-electron chi connectivity index (χ4n) is 2.85. The van der Waals surface area contributed by atoms with Crippen LogP contribution in [0.15, 0.2) is 90.0 Å². The van der Waals surface area contributed by atoms with Crippen molar-refractivity contribution in [1.29, 1.82) is 0 Å². The van der Waals surface area contributed by atoms with Gasteiger partial charge in [0.2, 0.25) is 0 Å². The molecule has 0 bridgehead atoms. The maximum absolute atomic E-state index is 4.64. The van der Waals surface area contributed by atoms with Crippen LogP contribution in [-0.2, 0) is 0 Å². The predicted octanol–water partition coefficient (Wildman–Crippen LogP) is 5.34. The topological polar surface area (TPSA) is 17.3 Å². The van der Waals surface area contributed by atoms with Crippen LogP contribution in [0.25, 0.3) is 27.9 Å². The van der Waals surface area contributed by atoms with Gasteiger partial charge >= 0.3 is 0 Å². The maximum atomic E-state index is 4.64. The van der Waals surface area contributed by atoms with Crippen molar-refractivity contribution in [2.45, 2.75) is 0 Å². The Morgan fingerprint density at radius 3 is 1.87 bits per heavy atom. The van der Waals surface area contributed by atoms with E-state index in [1.807, 2.05) is 47.3 Å². The van der Waals surface area contributed by atoms with Crippen molar-refractivity contribution >= 4 is 34.1 Å². The second kappa shape index (κ2) is 5.93. The Kier molecular flexibility index (Phi) is 3.49. The van der Waals surface area contributed by atoms with E-state index in [0.717, 1.165) is 11.0 Å². The highest BCUT2D eigenvalue weighted by Gasteiger charge is 2.07. The number of aromatic nitrogens is 1. The van der Waals surface area contributed by atoms with E-state index in [1.165, 1.54) is 16.3 Å². The number of fused-ring (bicyclic) bond motifs is 3. The van der Waals surface area contributed by atoms with Crippen LogP contribution in [0.2, 0.25) is 0 Å². The summed E-state index contributed by atoms with van der Waals surface area (Å²) in [6.07, 6.45) is 5.86. The second-order valence-corrected chi connectivity index (χ2v) is 5.38. The van der Waals surface area contributed by atoms with Gasteiger partial charge in [0.15, 0.2) is 0 Å². The van der Waals surface area contributed by atoms with Gasteiger partial charge in [0.25, 0.3) is 0 Å². The van der Waals surface area contributed by atoms with Gasteiger partial charge in [-0.3, -0.25) is 0 Å². The van der Waals surface area contributed by atoms with E-state index in [4.69, 9.17) is 0 Å². The van der Waals surface area contributed by atoms with Crippen molar-refractivity contribution in [3.05, 3.63) is 90.5 Å². The maximum Gasteiger partial charge on any atom is 0.0732 e. The van der Waals surface area contributed by atoms with E-state index >= 15 is 0 Å². The molecule has 2 heteroatoms. The van der Waals surface area contributed by atoms with Crippen LogP contribution in [-0.4, -0.2) is 10.9 Å². The molecule has 4 rings (SSSR count). The largest absolute Gasteiger partial charge is 0.233 e. The molecule has 0 fully saturated rings. The van der Waals surface area contributed by atoms with Gasteiger partial charge in [-0.2, -0.15) is 5.10 Å². The Morgan fingerprint density at radius 1 is 0.652 bits per heavy atom. The van der Waals surface area contributed by atoms with Crippen LogP contribution in [0, 0.1) is 0 Å². The van der Waals surface area contributed by atoms with Gasteiger partial charge in [0.1, 0.15) is 0 Å². The molecule has 0 saturated carbocycles. The summed E-state index contributed by atoms with van der Waals surface area (Å²) in [5.41, 5.74) is 3.41. The molecular formula is C21H16N2. The van der Waals surface area contributed by atoms with Gasteiger partial charge in [-0.25, -0.2) is 4.68 Å². The summed E-state index contributed by atoms with van der Waals surface area (Å²) in [5, 5.41) is 7.10. The zero-order valence-electron chi connectivity index (χ0n) is 12.6. The van der Waals surface area contributed by atoms with Crippen molar-refractivity contribution in [1.82, 2.24) is 4.68 Å². The summed E-state index contributed by atoms with van der Waals surface area (Å²) in [5.74, 6) is 0. The SMILES string of the molecule is C(=C\c1ccccc1)/C=N/n1c2ccccc2c2ccccc21. The molecule has 2 nitrogen and oxygen atoms in total. The van der Waals surface area contributed by atoms with Gasteiger partial charge < -0.3 is 0 Å². The molecule has 0 radical (unpaired) electrons. The molecule has 0 aliphatic rings. The number of allylic oxidation sites excluding steroid dienone is 1. The summed E-state index contributed by atoms with van der Waals surface area (Å²) in [6.45, 7) is 0. The molecule has 23 heavy (non-hydrogen) atoms. The molecule has 0 unspecified atom stereocenters. The van der Waals surface area contributed by atoms with Crippen molar-refractivity contribution in [3.8, 4) is 0 Å². The molecule has 0 aliphatic carbocycles. The molecule has 0 aliphatic heterocycles. The van der Waals surface area contributed by atoms with Gasteiger partial charge in [-0.15, -0.1) is 0 Å². The number of rotatable bonds is 3. The molecule has 3 aromatic carbocycles. The molecule has 110 valence electrons. The molecule has 0 N–H and O–H groups in total. The fraction of sp³-hybridized carbons (Fsp3) is 0. The van der Waals surface area contributed by atoms with E-state index in [0.29, 0.717) is 0 Å². The van der Waals surface area contributed by atoms with Crippen LogP contribution in [0.1, 0.15) is 5.56 Å². The minimum Gasteiger partial charge on any atom is -0.233 e. The van der Waals surface area contributed by atoms with Crippen molar-refractivity contribution in [2.75, 3.05) is 0 Å². The number of nitrogens with zero attached hydrogens (tertiary/aromatic N) is 2. The smallest absolute Gasteiger partial charge is 0.0732 e. The first kappa shape index (κ1) is 13.5. The minimum absolute atomic E-state index is 1.12. The average molecular weight is 296 g/mol. The van der Waals surface area contributed by atoms with Gasteiger partial charge in [-0.1, -0.05) is 72.8 Å². The molecule has 0 spiro atoms. The minimum atomic E-state index is 1.12. The number of hydrogen-bond donors (Lipinski definition) is 0. The lowest BCUT2D eigenvalue weighted by Crippen LogP contribution is -1.87. The van der Waals surface area contributed by atoms with Crippen LogP contribution in [0.4, 0.5) is 0 Å². The average Bonchev–Trinajstić information content (AvgIpc) is 2.94. The fourth-order valence-corrected chi connectivity index (χ4v) is 2.85. The van der Waals surface area contributed by atoms with E-state index < -0.39 is 0 Å². The summed E-state index contributed by atoms with van der Waals surface area (Å²) < 4.78 is 2.00. The third-order valence-electron chi connectivity index (χ3n) is 3.91. The van der Waals surface area contributed by atoms with E-state index in [1.54, 1.807) is 0 Å². The Bertz CT molecular complexity index is 955. The lowest BCUT2D eigenvalue weighted by molar-refractivity contribution is 0.976. The molecular weight excluding hydrogens is 280 g/mol. The summed E-state index contributed by atoms with van der Waals surface area (Å²) >= 11 is 0. The van der Waals surface area contributed by atoms with Crippen LogP contribution < -0.4 is 0 Å². The van der Waals surface area contributed by atoms with Crippen molar-refractivity contribution < 1.29 is 0 Å². The van der Waals surface area contributed by atoms with Crippen LogP contribution in [0.5, 0.6) is 0 Å². The third kappa shape index (κ3) is 2.55. The Balaban J connectivity index is 1.76. The predicted molar refractivity (Wildman–Crippen MR) is 98.8 cm³/mol. The van der Waals surface area contributed by atoms with E-state index in [-0.39, 0.29) is 0 Å². The molecule has 1 heterocycles. The molecule has 0 saturated heterocycles. The van der Waals surface area contributed by atoms with Crippen molar-refractivity contribution in [2.24, 2.45) is 5.10 Å². The van der Waals surface area contributed by atoms with E-state index in [2.05, 4.69) is 59.7 Å². The normalized spacial score (nSPS) is 12.0. The number of benzene rings is 3. The Hall–Kier alpha value is -3.13. The first-order valence-corrected chi connectivity index (χ1v) is 7.68. The first-order chi connectivity index (χ1) is 11.4. The van der Waals surface area contributed by atoms with Crippen LogP contribution in [0.3, 0.4) is 0 Å². The zero-order valence-corrected chi connectivity index (χ0v) is 12.6. The summed E-state index contributed by atoms with van der Waals surface area (Å²) in [7, 11) is 0. The highest BCUT2D eigenvalue weighted by atomic mass is 15.3. The lowest BCUT2D eigenvalue weighted by atomic mass is 10.2. The van der Waals surface area contributed by atoms with Gasteiger partial charge in [-0.05, 0) is 23.8 Å². The van der Waals surface area contributed by atoms with Gasteiger partial charge in [0.05, 0.1) is 11.0 Å². The third-order valence-corrected chi connectivity index (χ3v) is 3.91. The molecule has 1 aromatic heterocycles. The highest BCUT2D eigenvalue weighted by molar-refractivity contribution is 6.08. The second-order valence-electron chi connectivity index (χ2n) is 5.38. The molecule has 4 aromatic rings. The summed E-state index contributed by atoms with van der Waals surface area (Å²) in [6, 6.07) is 27.0. The molecule has 0 atom stereocenters. The Labute approximate surface area is 135 Å². The standard InChI is InChI=1S/C21H16N2/c1-2-9-17(10-3-1)11-8-16-22-23-20-14-6-4-12-18(20)19-13-5-7-15-21(19)23/h1-16H/b11-8+,22-16+. The van der Waals surface area contributed by atoms with Gasteiger partial charge in [0, 0.05) is 17.0 Å². The molecule has 0 amide bonds. The summed E-state index contributed by atoms with van der Waals surface area (Å²) in [4.78, 5) is 0. The number of hydrogen-bond acceptors (Lipinski definition) is 1. The first-order valence-electron chi connectivity index (χ1n) is 7.68. The quantitative estimate of drug-likeness (QED) is 0.454. The number of para-hydroxylation sites is 2. The van der Waals surface area contributed by atoms with Crippen molar-refractivity contribution in [3.63, 3.8) is 0 Å². The van der Waals surface area contributed by atoms with E-state index in [9.17, 15) is 0 Å². The Morgan fingerprint density at radius 2 is 1.22 bits per heavy atom. The zero-order chi connectivity index (χ0) is 15.5. The lowest BCUT2D eigenvalue weighted by Gasteiger charge is -1.98. The van der Waals surface area contributed by atoms with Crippen LogP contribution >= 0.6 is 0 Å².